The maximum Gasteiger partial charge on any atom is 0.255 e. The third kappa shape index (κ3) is 3.65. The molecular formula is C13H22N4O4S. The summed E-state index contributed by atoms with van der Waals surface area (Å²) in [5, 5.41) is 6.99. The van der Waals surface area contributed by atoms with Crippen LogP contribution in [0.2, 0.25) is 0 Å². The maximum atomic E-state index is 12.3. The van der Waals surface area contributed by atoms with Crippen LogP contribution in [-0.2, 0) is 21.8 Å². The predicted octanol–water partition coefficient (Wildman–Crippen LogP) is -0.635. The minimum Gasteiger partial charge on any atom is -0.379 e. The maximum absolute atomic E-state index is 12.3. The van der Waals surface area contributed by atoms with Crippen molar-refractivity contribution in [2.24, 2.45) is 13.0 Å². The molecule has 2 atom stereocenters. The molecule has 1 aromatic rings. The summed E-state index contributed by atoms with van der Waals surface area (Å²) in [5.74, 6) is -0.557. The fraction of sp³-hybridized carbons (Fsp3) is 0.692. The van der Waals surface area contributed by atoms with Crippen LogP contribution in [0.5, 0.6) is 0 Å². The Morgan fingerprint density at radius 1 is 1.50 bits per heavy atom. The highest BCUT2D eigenvalue weighted by molar-refractivity contribution is 7.89. The lowest BCUT2D eigenvalue weighted by Crippen LogP contribution is -2.43. The van der Waals surface area contributed by atoms with E-state index >= 15 is 0 Å². The topological polar surface area (TPSA) is 93.5 Å². The van der Waals surface area contributed by atoms with Gasteiger partial charge in [0.1, 0.15) is 0 Å². The summed E-state index contributed by atoms with van der Waals surface area (Å²) in [7, 11) is 1.41. The molecule has 1 saturated heterocycles. The Hall–Kier alpha value is -1.45. The molecule has 0 radical (unpaired) electrons. The van der Waals surface area contributed by atoms with Gasteiger partial charge in [0.2, 0.25) is 10.0 Å². The number of sulfonamides is 1. The van der Waals surface area contributed by atoms with Gasteiger partial charge in [-0.05, 0) is 6.92 Å². The number of aryl methyl sites for hydroxylation is 2. The van der Waals surface area contributed by atoms with Crippen molar-refractivity contribution >= 4 is 15.9 Å². The second-order valence-corrected chi connectivity index (χ2v) is 7.97. The molecular weight excluding hydrogens is 308 g/mol. The van der Waals surface area contributed by atoms with E-state index in [1.807, 2.05) is 0 Å². The first-order valence-electron chi connectivity index (χ1n) is 6.99. The highest BCUT2D eigenvalue weighted by Gasteiger charge is 2.34. The fourth-order valence-electron chi connectivity index (χ4n) is 2.41. The average molecular weight is 330 g/mol. The third-order valence-electron chi connectivity index (χ3n) is 3.75. The largest absolute Gasteiger partial charge is 0.379 e. The number of carbonyl (C=O) groups excluding carboxylic acids is 1. The summed E-state index contributed by atoms with van der Waals surface area (Å²) >= 11 is 0. The van der Waals surface area contributed by atoms with Crippen molar-refractivity contribution in [3.8, 4) is 0 Å². The van der Waals surface area contributed by atoms with Crippen molar-refractivity contribution in [2.75, 3.05) is 33.1 Å². The van der Waals surface area contributed by atoms with Crippen molar-refractivity contribution in [2.45, 2.75) is 13.0 Å². The van der Waals surface area contributed by atoms with Gasteiger partial charge in [0.15, 0.2) is 0 Å². The van der Waals surface area contributed by atoms with Gasteiger partial charge in [0.05, 0.1) is 36.3 Å². The second kappa shape index (κ2) is 6.35. The van der Waals surface area contributed by atoms with Crippen molar-refractivity contribution in [1.82, 2.24) is 19.4 Å². The Kier molecular flexibility index (Phi) is 4.88. The van der Waals surface area contributed by atoms with Crippen LogP contribution in [-0.4, -0.2) is 67.5 Å². The van der Waals surface area contributed by atoms with Crippen molar-refractivity contribution in [3.63, 3.8) is 0 Å². The summed E-state index contributed by atoms with van der Waals surface area (Å²) in [4.78, 5) is 12.3. The van der Waals surface area contributed by atoms with Crippen molar-refractivity contribution in [1.29, 1.82) is 0 Å². The Morgan fingerprint density at radius 2 is 2.18 bits per heavy atom. The summed E-state index contributed by atoms with van der Waals surface area (Å²) in [6.07, 6.45) is 1.64. The molecule has 22 heavy (non-hydrogen) atoms. The van der Waals surface area contributed by atoms with Gasteiger partial charge in [-0.1, -0.05) is 0 Å². The Balaban J connectivity index is 2.05. The zero-order chi connectivity index (χ0) is 16.5. The quantitative estimate of drug-likeness (QED) is 0.775. The summed E-state index contributed by atoms with van der Waals surface area (Å²) in [5.41, 5.74) is 1.12. The average Bonchev–Trinajstić information content (AvgIpc) is 2.95. The first-order valence-corrected chi connectivity index (χ1v) is 8.60. The zero-order valence-electron chi connectivity index (χ0n) is 13.2. The molecule has 1 aliphatic heterocycles. The summed E-state index contributed by atoms with van der Waals surface area (Å²) in [6.45, 7) is 2.40. The van der Waals surface area contributed by atoms with Crippen LogP contribution in [0.25, 0.3) is 0 Å². The van der Waals surface area contributed by atoms with Gasteiger partial charge < -0.3 is 10.1 Å². The standard InChI is InChI=1S/C13H22N4O4S/c1-9-11(5-17(4)15-9)13(18)14-12-7-21-6-10(12)8-22(19,20)16(2)3/h5,10,12H,6-8H2,1-4H3,(H,14,18)/t10-,12-/m0/s1. The van der Waals surface area contributed by atoms with Gasteiger partial charge in [-0.15, -0.1) is 0 Å². The van der Waals surface area contributed by atoms with E-state index in [2.05, 4.69) is 10.4 Å². The van der Waals surface area contributed by atoms with E-state index in [0.717, 1.165) is 0 Å². The molecule has 0 aliphatic carbocycles. The van der Waals surface area contributed by atoms with E-state index in [1.165, 1.54) is 18.4 Å². The van der Waals surface area contributed by atoms with Crippen LogP contribution in [0.1, 0.15) is 16.1 Å². The van der Waals surface area contributed by atoms with Gasteiger partial charge in [-0.2, -0.15) is 5.10 Å². The van der Waals surface area contributed by atoms with Gasteiger partial charge in [-0.3, -0.25) is 9.48 Å². The predicted molar refractivity (Wildman–Crippen MR) is 81.0 cm³/mol. The number of rotatable bonds is 5. The highest BCUT2D eigenvalue weighted by Crippen LogP contribution is 2.18. The van der Waals surface area contributed by atoms with Crippen LogP contribution >= 0.6 is 0 Å². The summed E-state index contributed by atoms with van der Waals surface area (Å²) in [6, 6.07) is -0.318. The number of amides is 1. The monoisotopic (exact) mass is 330 g/mol. The van der Waals surface area contributed by atoms with E-state index < -0.39 is 10.0 Å². The minimum absolute atomic E-state index is 0.0447. The zero-order valence-corrected chi connectivity index (χ0v) is 14.1. The molecule has 124 valence electrons. The molecule has 1 N–H and O–H groups in total. The minimum atomic E-state index is -3.33. The molecule has 2 rings (SSSR count). The molecule has 0 unspecified atom stereocenters. The molecule has 1 fully saturated rings. The highest BCUT2D eigenvalue weighted by atomic mass is 32.2. The lowest BCUT2D eigenvalue weighted by molar-refractivity contribution is 0.0925. The van der Waals surface area contributed by atoms with Crippen molar-refractivity contribution in [3.05, 3.63) is 17.5 Å². The number of hydrogen-bond donors (Lipinski definition) is 1. The van der Waals surface area contributed by atoms with E-state index in [-0.39, 0.29) is 23.6 Å². The first-order chi connectivity index (χ1) is 10.2. The molecule has 0 saturated carbocycles. The molecule has 0 spiro atoms. The van der Waals surface area contributed by atoms with Gasteiger partial charge in [-0.25, -0.2) is 12.7 Å². The lowest BCUT2D eigenvalue weighted by atomic mass is 10.1. The third-order valence-corrected chi connectivity index (χ3v) is 5.72. The Bertz CT molecular complexity index is 653. The fourth-order valence-corrected chi connectivity index (χ4v) is 3.58. The molecule has 2 heterocycles. The van der Waals surface area contributed by atoms with E-state index in [1.54, 1.807) is 24.9 Å². The molecule has 8 nitrogen and oxygen atoms in total. The molecule has 1 aliphatic rings. The van der Waals surface area contributed by atoms with Crippen LogP contribution in [0, 0.1) is 12.8 Å². The smallest absolute Gasteiger partial charge is 0.255 e. The van der Waals surface area contributed by atoms with Gasteiger partial charge >= 0.3 is 0 Å². The molecule has 0 bridgehead atoms. The number of nitrogens with one attached hydrogen (secondary N) is 1. The SMILES string of the molecule is Cc1nn(C)cc1C(=O)N[C@H]1COC[C@H]1CS(=O)(=O)N(C)C. The molecule has 1 amide bonds. The van der Waals surface area contributed by atoms with Crippen LogP contribution < -0.4 is 5.32 Å². The van der Waals surface area contributed by atoms with E-state index in [9.17, 15) is 13.2 Å². The molecule has 1 aromatic heterocycles. The molecule has 0 aromatic carbocycles. The summed E-state index contributed by atoms with van der Waals surface area (Å²) < 4.78 is 32.1. The van der Waals surface area contributed by atoms with E-state index in [0.29, 0.717) is 24.5 Å². The number of carbonyl (C=O) groups is 1. The Morgan fingerprint density at radius 3 is 2.73 bits per heavy atom. The number of hydrogen-bond acceptors (Lipinski definition) is 5. The van der Waals surface area contributed by atoms with Crippen LogP contribution in [0.15, 0.2) is 6.20 Å². The van der Waals surface area contributed by atoms with Crippen LogP contribution in [0.4, 0.5) is 0 Å². The normalized spacial score (nSPS) is 22.2. The number of aromatic nitrogens is 2. The van der Waals surface area contributed by atoms with Gasteiger partial charge in [0.25, 0.3) is 5.91 Å². The lowest BCUT2D eigenvalue weighted by Gasteiger charge is -2.20. The number of nitrogens with zero attached hydrogens (tertiary/aromatic N) is 3. The van der Waals surface area contributed by atoms with Gasteiger partial charge in [0, 0.05) is 33.3 Å². The van der Waals surface area contributed by atoms with Crippen LogP contribution in [0.3, 0.4) is 0 Å². The first kappa shape index (κ1) is 16.9. The molecule has 9 heteroatoms. The second-order valence-electron chi connectivity index (χ2n) is 5.74. The van der Waals surface area contributed by atoms with E-state index in [4.69, 9.17) is 4.74 Å². The number of ether oxygens (including phenoxy) is 1. The Labute approximate surface area is 130 Å². The van der Waals surface area contributed by atoms with Crippen molar-refractivity contribution < 1.29 is 17.9 Å².